The molecule has 5 nitrogen and oxygen atoms in total. The number of aromatic nitrogens is 1. The molecule has 1 fully saturated rings. The number of carbonyl (C=O) groups excluding carboxylic acids is 1. The average molecular weight is 300 g/mol. The van der Waals surface area contributed by atoms with Crippen molar-refractivity contribution < 1.29 is 14.7 Å². The summed E-state index contributed by atoms with van der Waals surface area (Å²) in [6.07, 6.45) is 2.38. The molecule has 1 saturated heterocycles. The van der Waals surface area contributed by atoms with Gasteiger partial charge in [-0.15, -0.1) is 0 Å². The summed E-state index contributed by atoms with van der Waals surface area (Å²) < 4.78 is 2.05. The molecular formula is C17H20N2O3. The molecule has 3 rings (SSSR count). The molecule has 2 heterocycles. The number of carboxylic acid groups (broad SMARTS) is 1. The number of fused-ring (bicyclic) bond motifs is 1. The second-order valence-electron chi connectivity index (χ2n) is 6.19. The van der Waals surface area contributed by atoms with Crippen LogP contribution in [0.5, 0.6) is 0 Å². The second kappa shape index (κ2) is 5.16. The van der Waals surface area contributed by atoms with E-state index in [0.717, 1.165) is 17.4 Å². The molecular weight excluding hydrogens is 280 g/mol. The smallest absolute Gasteiger partial charge is 0.311 e. The fourth-order valence-electron chi connectivity index (χ4n) is 3.16. The predicted molar refractivity (Wildman–Crippen MR) is 83.9 cm³/mol. The van der Waals surface area contributed by atoms with Gasteiger partial charge in [-0.05, 0) is 26.3 Å². The largest absolute Gasteiger partial charge is 0.481 e. The van der Waals surface area contributed by atoms with Crippen molar-refractivity contribution >= 4 is 22.8 Å². The highest BCUT2D eigenvalue weighted by Crippen LogP contribution is 2.32. The van der Waals surface area contributed by atoms with E-state index in [1.54, 1.807) is 11.8 Å². The minimum Gasteiger partial charge on any atom is -0.481 e. The van der Waals surface area contributed by atoms with E-state index >= 15 is 0 Å². The molecule has 5 heteroatoms. The monoisotopic (exact) mass is 300 g/mol. The molecule has 1 aromatic carbocycles. The van der Waals surface area contributed by atoms with Crippen LogP contribution < -0.4 is 0 Å². The topological polar surface area (TPSA) is 62.5 Å². The van der Waals surface area contributed by atoms with Crippen LogP contribution in [0.4, 0.5) is 0 Å². The molecule has 1 N–H and O–H groups in total. The summed E-state index contributed by atoms with van der Waals surface area (Å²) in [7, 11) is 0. The van der Waals surface area contributed by atoms with Crippen molar-refractivity contribution in [1.29, 1.82) is 0 Å². The molecule has 0 saturated carbocycles. The van der Waals surface area contributed by atoms with Crippen LogP contribution >= 0.6 is 0 Å². The summed E-state index contributed by atoms with van der Waals surface area (Å²) in [5.41, 5.74) is 0.860. The van der Waals surface area contributed by atoms with Crippen molar-refractivity contribution in [3.8, 4) is 0 Å². The van der Waals surface area contributed by atoms with Crippen LogP contribution in [0.2, 0.25) is 0 Å². The Balaban J connectivity index is 1.95. The standard InChI is InChI=1S/C17H20N2O3/c1-3-18-10-13(12-6-4-5-7-14(12)18)15(20)19-9-8-17(2,11-19)16(21)22/h4-7,10H,3,8-9,11H2,1-2H3,(H,21,22). The average Bonchev–Trinajstić information content (AvgIpc) is 3.09. The number of aliphatic carboxylic acids is 1. The highest BCUT2D eigenvalue weighted by molar-refractivity contribution is 6.07. The van der Waals surface area contributed by atoms with Gasteiger partial charge in [0.25, 0.3) is 5.91 Å². The van der Waals surface area contributed by atoms with Crippen LogP contribution in [-0.4, -0.2) is 39.5 Å². The normalized spacial score (nSPS) is 21.5. The first-order valence-corrected chi connectivity index (χ1v) is 7.57. The molecule has 1 aliphatic rings. The number of amides is 1. The van der Waals surface area contributed by atoms with E-state index in [0.29, 0.717) is 18.5 Å². The summed E-state index contributed by atoms with van der Waals surface area (Å²) in [6.45, 7) is 5.30. The van der Waals surface area contributed by atoms with E-state index in [-0.39, 0.29) is 12.5 Å². The molecule has 0 aliphatic carbocycles. The molecule has 1 unspecified atom stereocenters. The lowest BCUT2D eigenvalue weighted by Gasteiger charge is -2.20. The van der Waals surface area contributed by atoms with Gasteiger partial charge >= 0.3 is 5.97 Å². The molecule has 0 spiro atoms. The highest BCUT2D eigenvalue weighted by Gasteiger charge is 2.42. The molecule has 1 atom stereocenters. The molecule has 116 valence electrons. The number of rotatable bonds is 3. The third-order valence-corrected chi connectivity index (χ3v) is 4.64. The maximum absolute atomic E-state index is 12.8. The lowest BCUT2D eigenvalue weighted by molar-refractivity contribution is -0.147. The summed E-state index contributed by atoms with van der Waals surface area (Å²) in [5.74, 6) is -0.910. The zero-order valence-electron chi connectivity index (χ0n) is 12.9. The first-order chi connectivity index (χ1) is 10.5. The van der Waals surface area contributed by atoms with Crippen LogP contribution in [0.25, 0.3) is 10.9 Å². The zero-order chi connectivity index (χ0) is 15.9. The first kappa shape index (κ1) is 14.6. The molecule has 1 aromatic heterocycles. The van der Waals surface area contributed by atoms with E-state index in [2.05, 4.69) is 4.57 Å². The molecule has 1 amide bonds. The quantitative estimate of drug-likeness (QED) is 0.947. The lowest BCUT2D eigenvalue weighted by atomic mass is 9.90. The Morgan fingerprint density at radius 1 is 1.32 bits per heavy atom. The SMILES string of the molecule is CCn1cc(C(=O)N2CCC(C)(C(=O)O)C2)c2ccccc21. The van der Waals surface area contributed by atoms with E-state index in [1.165, 1.54) is 0 Å². The van der Waals surface area contributed by atoms with Crippen LogP contribution in [-0.2, 0) is 11.3 Å². The van der Waals surface area contributed by atoms with Gasteiger partial charge < -0.3 is 14.6 Å². The summed E-state index contributed by atoms with van der Waals surface area (Å²) >= 11 is 0. The zero-order valence-corrected chi connectivity index (χ0v) is 12.9. The Bertz CT molecular complexity index is 749. The highest BCUT2D eigenvalue weighted by atomic mass is 16.4. The summed E-state index contributed by atoms with van der Waals surface area (Å²) in [6, 6.07) is 7.83. The van der Waals surface area contributed by atoms with Gasteiger partial charge in [-0.25, -0.2) is 0 Å². The van der Waals surface area contributed by atoms with Crippen molar-refractivity contribution in [3.63, 3.8) is 0 Å². The van der Waals surface area contributed by atoms with Crippen molar-refractivity contribution in [2.45, 2.75) is 26.8 Å². The molecule has 0 radical (unpaired) electrons. The van der Waals surface area contributed by atoms with E-state index < -0.39 is 11.4 Å². The maximum atomic E-state index is 12.8. The van der Waals surface area contributed by atoms with Crippen molar-refractivity contribution in [2.24, 2.45) is 5.41 Å². The van der Waals surface area contributed by atoms with Gasteiger partial charge in [0.05, 0.1) is 11.0 Å². The van der Waals surface area contributed by atoms with Crippen molar-refractivity contribution in [1.82, 2.24) is 9.47 Å². The van der Waals surface area contributed by atoms with Gasteiger partial charge in [-0.3, -0.25) is 9.59 Å². The number of carboxylic acids is 1. The number of carbonyl (C=O) groups is 2. The second-order valence-corrected chi connectivity index (χ2v) is 6.19. The number of aryl methyl sites for hydroxylation is 1. The molecule has 2 aromatic rings. The van der Waals surface area contributed by atoms with E-state index in [4.69, 9.17) is 0 Å². The van der Waals surface area contributed by atoms with Gasteiger partial charge in [0.1, 0.15) is 0 Å². The van der Waals surface area contributed by atoms with Gasteiger partial charge in [-0.1, -0.05) is 18.2 Å². The Morgan fingerprint density at radius 3 is 2.68 bits per heavy atom. The summed E-state index contributed by atoms with van der Waals surface area (Å²) in [4.78, 5) is 25.8. The minimum absolute atomic E-state index is 0.0756. The lowest BCUT2D eigenvalue weighted by Crippen LogP contribution is -2.34. The van der Waals surface area contributed by atoms with Crippen LogP contribution in [0.3, 0.4) is 0 Å². The van der Waals surface area contributed by atoms with E-state index in [9.17, 15) is 14.7 Å². The number of para-hydroxylation sites is 1. The van der Waals surface area contributed by atoms with Gasteiger partial charge in [0.15, 0.2) is 0 Å². The number of benzene rings is 1. The summed E-state index contributed by atoms with van der Waals surface area (Å²) in [5, 5.41) is 10.2. The Labute approximate surface area is 129 Å². The molecule has 1 aliphatic heterocycles. The van der Waals surface area contributed by atoms with Crippen molar-refractivity contribution in [2.75, 3.05) is 13.1 Å². The Hall–Kier alpha value is -2.30. The Kier molecular flexibility index (Phi) is 3.43. The number of likely N-dealkylation sites (tertiary alicyclic amines) is 1. The molecule has 22 heavy (non-hydrogen) atoms. The third kappa shape index (κ3) is 2.17. The number of nitrogens with zero attached hydrogens (tertiary/aromatic N) is 2. The van der Waals surface area contributed by atoms with E-state index in [1.807, 2.05) is 37.4 Å². The number of hydrogen-bond donors (Lipinski definition) is 1. The van der Waals surface area contributed by atoms with Crippen LogP contribution in [0.1, 0.15) is 30.6 Å². The number of hydrogen-bond acceptors (Lipinski definition) is 2. The maximum Gasteiger partial charge on any atom is 0.311 e. The minimum atomic E-state index is -0.835. The van der Waals surface area contributed by atoms with Gasteiger partial charge in [0.2, 0.25) is 0 Å². The van der Waals surface area contributed by atoms with Gasteiger partial charge in [0, 0.05) is 36.7 Å². The Morgan fingerprint density at radius 2 is 2.05 bits per heavy atom. The van der Waals surface area contributed by atoms with Crippen LogP contribution in [0, 0.1) is 5.41 Å². The van der Waals surface area contributed by atoms with Crippen molar-refractivity contribution in [3.05, 3.63) is 36.0 Å². The first-order valence-electron chi connectivity index (χ1n) is 7.57. The fourth-order valence-corrected chi connectivity index (χ4v) is 3.16. The van der Waals surface area contributed by atoms with Gasteiger partial charge in [-0.2, -0.15) is 0 Å². The third-order valence-electron chi connectivity index (χ3n) is 4.64. The predicted octanol–water partition coefficient (Wildman–Crippen LogP) is 2.60. The molecule has 0 bridgehead atoms. The van der Waals surface area contributed by atoms with Crippen LogP contribution in [0.15, 0.2) is 30.5 Å². The fraction of sp³-hybridized carbons (Fsp3) is 0.412.